The van der Waals surface area contributed by atoms with Crippen LogP contribution in [0.15, 0.2) is 18.2 Å². The number of benzene rings is 1. The van der Waals surface area contributed by atoms with Crippen molar-refractivity contribution in [3.63, 3.8) is 0 Å². The summed E-state index contributed by atoms with van der Waals surface area (Å²) in [6.45, 7) is 2.74. The van der Waals surface area contributed by atoms with Crippen LogP contribution in [0, 0.1) is 0 Å². The highest BCUT2D eigenvalue weighted by Crippen LogP contribution is 2.30. The summed E-state index contributed by atoms with van der Waals surface area (Å²) >= 11 is 0. The molecule has 3 rings (SSSR count). The van der Waals surface area contributed by atoms with E-state index < -0.39 is 12.1 Å². The molecule has 6 nitrogen and oxygen atoms in total. The Kier molecular flexibility index (Phi) is 6.36. The van der Waals surface area contributed by atoms with Crippen LogP contribution in [-0.2, 0) is 9.53 Å². The zero-order valence-corrected chi connectivity index (χ0v) is 15.3. The molecule has 26 heavy (non-hydrogen) atoms. The molecule has 1 saturated carbocycles. The lowest BCUT2D eigenvalue weighted by atomic mass is 10.1. The van der Waals surface area contributed by atoms with Crippen LogP contribution in [0.25, 0.3) is 0 Å². The van der Waals surface area contributed by atoms with Crippen LogP contribution in [0.3, 0.4) is 0 Å². The molecule has 2 aliphatic rings. The molecular weight excluding hydrogens is 334 g/mol. The normalized spacial score (nSPS) is 19.0. The van der Waals surface area contributed by atoms with Crippen LogP contribution in [0.4, 0.5) is 0 Å². The second-order valence-electron chi connectivity index (χ2n) is 6.96. The average Bonchev–Trinajstić information content (AvgIpc) is 3.03. The van der Waals surface area contributed by atoms with E-state index in [1.165, 1.54) is 12.8 Å². The molecule has 0 radical (unpaired) electrons. The largest absolute Gasteiger partial charge is 0.490 e. The third-order valence-electron chi connectivity index (χ3n) is 4.84. The molecule has 1 aromatic carbocycles. The van der Waals surface area contributed by atoms with E-state index in [4.69, 9.17) is 14.2 Å². The summed E-state index contributed by atoms with van der Waals surface area (Å²) < 4.78 is 16.5. The predicted octanol–water partition coefficient (Wildman–Crippen LogP) is 3.23. The molecule has 1 heterocycles. The SMILES string of the molecule is CC(OC(=O)c1ccc2c(c1)OCCCO2)C(=O)NC1CCCCCC1. The van der Waals surface area contributed by atoms with Crippen LogP contribution in [0.1, 0.15) is 62.2 Å². The summed E-state index contributed by atoms with van der Waals surface area (Å²) in [7, 11) is 0. The number of carbonyl (C=O) groups excluding carboxylic acids is 2. The van der Waals surface area contributed by atoms with Gasteiger partial charge >= 0.3 is 5.97 Å². The summed E-state index contributed by atoms with van der Waals surface area (Å²) in [5, 5.41) is 3.01. The number of fused-ring (bicyclic) bond motifs is 1. The third kappa shape index (κ3) is 4.90. The lowest BCUT2D eigenvalue weighted by Gasteiger charge is -2.19. The van der Waals surface area contributed by atoms with Crippen molar-refractivity contribution in [3.05, 3.63) is 23.8 Å². The van der Waals surface area contributed by atoms with Gasteiger partial charge in [0.2, 0.25) is 0 Å². The predicted molar refractivity (Wildman–Crippen MR) is 96.6 cm³/mol. The van der Waals surface area contributed by atoms with Gasteiger partial charge in [-0.1, -0.05) is 25.7 Å². The van der Waals surface area contributed by atoms with Crippen molar-refractivity contribution in [1.82, 2.24) is 5.32 Å². The third-order valence-corrected chi connectivity index (χ3v) is 4.84. The Morgan fingerprint density at radius 3 is 2.46 bits per heavy atom. The van der Waals surface area contributed by atoms with Gasteiger partial charge in [0.25, 0.3) is 5.91 Å². The summed E-state index contributed by atoms with van der Waals surface area (Å²) in [6, 6.07) is 5.13. The van der Waals surface area contributed by atoms with Gasteiger partial charge in [-0.3, -0.25) is 4.79 Å². The van der Waals surface area contributed by atoms with Crippen LogP contribution >= 0.6 is 0 Å². The second-order valence-corrected chi connectivity index (χ2v) is 6.96. The standard InChI is InChI=1S/C20H27NO5/c1-14(19(22)21-16-7-4-2-3-5-8-16)26-20(23)15-9-10-17-18(13-15)25-12-6-11-24-17/h9-10,13-14,16H,2-8,11-12H2,1H3,(H,21,22). The highest BCUT2D eigenvalue weighted by atomic mass is 16.5. The fourth-order valence-electron chi connectivity index (χ4n) is 3.31. The van der Waals surface area contributed by atoms with Crippen LogP contribution < -0.4 is 14.8 Å². The summed E-state index contributed by atoms with van der Waals surface area (Å²) in [6.07, 6.45) is 6.67. The number of carbonyl (C=O) groups is 2. The Morgan fingerprint density at radius 2 is 1.73 bits per heavy atom. The number of ether oxygens (including phenoxy) is 3. The molecule has 0 spiro atoms. The molecule has 0 saturated heterocycles. The minimum atomic E-state index is -0.832. The van der Waals surface area contributed by atoms with Crippen molar-refractivity contribution in [3.8, 4) is 11.5 Å². The first-order valence-electron chi connectivity index (χ1n) is 9.54. The first-order valence-corrected chi connectivity index (χ1v) is 9.54. The van der Waals surface area contributed by atoms with Crippen LogP contribution in [0.5, 0.6) is 11.5 Å². The van der Waals surface area contributed by atoms with E-state index in [0.29, 0.717) is 30.3 Å². The Bertz CT molecular complexity index is 637. The Morgan fingerprint density at radius 1 is 1.04 bits per heavy atom. The van der Waals surface area contributed by atoms with E-state index in [1.807, 2.05) is 0 Å². The van der Waals surface area contributed by atoms with Gasteiger partial charge < -0.3 is 19.5 Å². The smallest absolute Gasteiger partial charge is 0.339 e. The maximum Gasteiger partial charge on any atom is 0.339 e. The minimum absolute atomic E-state index is 0.184. The molecule has 1 unspecified atom stereocenters. The molecule has 1 N–H and O–H groups in total. The van der Waals surface area contributed by atoms with Gasteiger partial charge in [-0.05, 0) is 38.0 Å². The fraction of sp³-hybridized carbons (Fsp3) is 0.600. The molecule has 0 aromatic heterocycles. The molecule has 0 bridgehead atoms. The molecule has 1 aromatic rings. The highest BCUT2D eigenvalue weighted by Gasteiger charge is 2.23. The molecule has 142 valence electrons. The van der Waals surface area contributed by atoms with Crippen molar-refractivity contribution in [2.45, 2.75) is 64.0 Å². The van der Waals surface area contributed by atoms with Crippen molar-refractivity contribution in [2.24, 2.45) is 0 Å². The average molecular weight is 361 g/mol. The Labute approximate surface area is 154 Å². The van der Waals surface area contributed by atoms with Gasteiger partial charge in [0.05, 0.1) is 18.8 Å². The first kappa shape index (κ1) is 18.5. The minimum Gasteiger partial charge on any atom is -0.490 e. The monoisotopic (exact) mass is 361 g/mol. The van der Waals surface area contributed by atoms with E-state index in [0.717, 1.165) is 32.1 Å². The molecule has 1 aliphatic heterocycles. The molecule has 1 aliphatic carbocycles. The van der Waals surface area contributed by atoms with Crippen molar-refractivity contribution >= 4 is 11.9 Å². The molecule has 1 fully saturated rings. The summed E-state index contributed by atoms with van der Waals surface area (Å²) in [4.78, 5) is 24.7. The fourth-order valence-corrected chi connectivity index (χ4v) is 3.31. The van der Waals surface area contributed by atoms with Crippen molar-refractivity contribution in [1.29, 1.82) is 0 Å². The van der Waals surface area contributed by atoms with Gasteiger partial charge in [-0.2, -0.15) is 0 Å². The quantitative estimate of drug-likeness (QED) is 0.658. The zero-order chi connectivity index (χ0) is 18.4. The number of hydrogen-bond acceptors (Lipinski definition) is 5. The van der Waals surface area contributed by atoms with E-state index in [9.17, 15) is 9.59 Å². The topological polar surface area (TPSA) is 73.9 Å². The number of esters is 1. The molecule has 1 atom stereocenters. The van der Waals surface area contributed by atoms with Gasteiger partial charge in [0.15, 0.2) is 17.6 Å². The second kappa shape index (κ2) is 8.92. The highest BCUT2D eigenvalue weighted by molar-refractivity contribution is 5.92. The molecule has 6 heteroatoms. The Hall–Kier alpha value is -2.24. The molecule has 1 amide bonds. The van der Waals surface area contributed by atoms with E-state index in [-0.39, 0.29) is 11.9 Å². The van der Waals surface area contributed by atoms with E-state index >= 15 is 0 Å². The lowest BCUT2D eigenvalue weighted by molar-refractivity contribution is -0.129. The molecular formula is C20H27NO5. The van der Waals surface area contributed by atoms with Crippen LogP contribution in [0.2, 0.25) is 0 Å². The lowest BCUT2D eigenvalue weighted by Crippen LogP contribution is -2.41. The number of nitrogens with one attached hydrogen (secondary N) is 1. The first-order chi connectivity index (χ1) is 12.6. The number of hydrogen-bond donors (Lipinski definition) is 1. The van der Waals surface area contributed by atoms with Gasteiger partial charge in [0.1, 0.15) is 0 Å². The zero-order valence-electron chi connectivity index (χ0n) is 15.3. The van der Waals surface area contributed by atoms with Gasteiger partial charge in [-0.25, -0.2) is 4.79 Å². The van der Waals surface area contributed by atoms with Crippen molar-refractivity contribution < 1.29 is 23.8 Å². The van der Waals surface area contributed by atoms with E-state index in [1.54, 1.807) is 25.1 Å². The van der Waals surface area contributed by atoms with Gasteiger partial charge in [-0.15, -0.1) is 0 Å². The van der Waals surface area contributed by atoms with Crippen molar-refractivity contribution in [2.75, 3.05) is 13.2 Å². The maximum atomic E-state index is 12.4. The number of amides is 1. The van der Waals surface area contributed by atoms with E-state index in [2.05, 4.69) is 5.32 Å². The van der Waals surface area contributed by atoms with Crippen LogP contribution in [-0.4, -0.2) is 37.2 Å². The summed E-state index contributed by atoms with van der Waals surface area (Å²) in [5.41, 5.74) is 0.350. The van der Waals surface area contributed by atoms with Gasteiger partial charge in [0, 0.05) is 12.5 Å². The number of rotatable bonds is 4. The maximum absolute atomic E-state index is 12.4. The summed E-state index contributed by atoms with van der Waals surface area (Å²) in [5.74, 6) is 0.384. The Balaban J connectivity index is 1.56.